The molecule has 0 spiro atoms. The molecular formula is C14H14N2O. The molecule has 3 heteroatoms. The summed E-state index contributed by atoms with van der Waals surface area (Å²) in [7, 11) is 0. The summed E-state index contributed by atoms with van der Waals surface area (Å²) in [4.78, 5) is 15.9. The van der Waals surface area contributed by atoms with Crippen molar-refractivity contribution < 1.29 is 4.79 Å². The van der Waals surface area contributed by atoms with Crippen LogP contribution in [0.25, 0.3) is 0 Å². The average molecular weight is 226 g/mol. The van der Waals surface area contributed by atoms with E-state index >= 15 is 0 Å². The standard InChI is InChI=1S/C14H14N2O/c15-12-6-4-11(5-7-12)9-14(17)10-13-3-1-2-8-16-13/h1-8H,9-10,15H2. The number of hydrogen-bond donors (Lipinski definition) is 1. The van der Waals surface area contributed by atoms with Gasteiger partial charge in [-0.15, -0.1) is 0 Å². The van der Waals surface area contributed by atoms with Crippen LogP contribution in [0.5, 0.6) is 0 Å². The lowest BCUT2D eigenvalue weighted by molar-refractivity contribution is -0.117. The van der Waals surface area contributed by atoms with Crippen molar-refractivity contribution >= 4 is 11.5 Å². The van der Waals surface area contributed by atoms with Gasteiger partial charge in [0, 0.05) is 30.4 Å². The number of hydrogen-bond acceptors (Lipinski definition) is 3. The van der Waals surface area contributed by atoms with Crippen molar-refractivity contribution in [2.75, 3.05) is 5.73 Å². The molecule has 0 radical (unpaired) electrons. The number of carbonyl (C=O) groups excluding carboxylic acids is 1. The molecule has 2 rings (SSSR count). The number of benzene rings is 1. The van der Waals surface area contributed by atoms with Crippen molar-refractivity contribution in [3.05, 3.63) is 59.9 Å². The Labute approximate surface area is 100 Å². The molecule has 0 saturated carbocycles. The van der Waals surface area contributed by atoms with Gasteiger partial charge in [-0.2, -0.15) is 0 Å². The first-order valence-corrected chi connectivity index (χ1v) is 5.50. The molecular weight excluding hydrogens is 212 g/mol. The summed E-state index contributed by atoms with van der Waals surface area (Å²) in [5.41, 5.74) is 8.10. The first-order chi connectivity index (χ1) is 8.24. The van der Waals surface area contributed by atoms with Crippen LogP contribution in [0.4, 0.5) is 5.69 Å². The molecule has 0 aliphatic rings. The topological polar surface area (TPSA) is 56.0 Å². The number of nitrogen functional groups attached to an aromatic ring is 1. The number of anilines is 1. The fourth-order valence-corrected chi connectivity index (χ4v) is 1.63. The molecule has 0 fully saturated rings. The molecule has 3 nitrogen and oxygen atoms in total. The minimum Gasteiger partial charge on any atom is -0.399 e. The lowest BCUT2D eigenvalue weighted by Gasteiger charge is -2.01. The Kier molecular flexibility index (Phi) is 3.50. The van der Waals surface area contributed by atoms with Gasteiger partial charge in [0.25, 0.3) is 0 Å². The van der Waals surface area contributed by atoms with Gasteiger partial charge in [0.2, 0.25) is 0 Å². The zero-order valence-corrected chi connectivity index (χ0v) is 9.47. The summed E-state index contributed by atoms with van der Waals surface area (Å²) < 4.78 is 0. The Morgan fingerprint density at radius 1 is 1.06 bits per heavy atom. The number of aromatic nitrogens is 1. The predicted octanol–water partition coefficient (Wildman–Crippen LogP) is 2.02. The highest BCUT2D eigenvalue weighted by molar-refractivity contribution is 5.82. The molecule has 0 atom stereocenters. The van der Waals surface area contributed by atoms with E-state index in [9.17, 15) is 4.79 Å². The second kappa shape index (κ2) is 5.25. The SMILES string of the molecule is Nc1ccc(CC(=O)Cc2ccccn2)cc1. The zero-order valence-electron chi connectivity index (χ0n) is 9.47. The first kappa shape index (κ1) is 11.3. The Hall–Kier alpha value is -2.16. The van der Waals surface area contributed by atoms with Crippen LogP contribution in [0, 0.1) is 0 Å². The maximum absolute atomic E-state index is 11.8. The van der Waals surface area contributed by atoms with Gasteiger partial charge >= 0.3 is 0 Å². The number of Topliss-reactive ketones (excluding diaryl/α,β-unsaturated/α-hetero) is 1. The molecule has 17 heavy (non-hydrogen) atoms. The summed E-state index contributed by atoms with van der Waals surface area (Å²) in [6.45, 7) is 0. The van der Waals surface area contributed by atoms with E-state index in [1.165, 1.54) is 0 Å². The second-order valence-electron chi connectivity index (χ2n) is 3.95. The van der Waals surface area contributed by atoms with Gasteiger partial charge < -0.3 is 5.73 Å². The first-order valence-electron chi connectivity index (χ1n) is 5.50. The number of nitrogens with two attached hydrogens (primary N) is 1. The fourth-order valence-electron chi connectivity index (χ4n) is 1.63. The molecule has 1 aromatic carbocycles. The Morgan fingerprint density at radius 2 is 1.82 bits per heavy atom. The van der Waals surface area contributed by atoms with E-state index in [0.717, 1.165) is 11.3 Å². The molecule has 0 saturated heterocycles. The van der Waals surface area contributed by atoms with E-state index in [-0.39, 0.29) is 5.78 Å². The van der Waals surface area contributed by atoms with E-state index in [0.29, 0.717) is 18.5 Å². The van der Waals surface area contributed by atoms with Crippen molar-refractivity contribution in [1.29, 1.82) is 0 Å². The highest BCUT2D eigenvalue weighted by atomic mass is 16.1. The maximum Gasteiger partial charge on any atom is 0.143 e. The molecule has 86 valence electrons. The van der Waals surface area contributed by atoms with E-state index in [2.05, 4.69) is 4.98 Å². The molecule has 1 aromatic heterocycles. The van der Waals surface area contributed by atoms with Crippen molar-refractivity contribution in [3.8, 4) is 0 Å². The van der Waals surface area contributed by atoms with Crippen molar-refractivity contribution in [3.63, 3.8) is 0 Å². The lowest BCUT2D eigenvalue weighted by atomic mass is 10.1. The summed E-state index contributed by atoms with van der Waals surface area (Å²) >= 11 is 0. The van der Waals surface area contributed by atoms with E-state index in [1.54, 1.807) is 6.20 Å². The van der Waals surface area contributed by atoms with Crippen LogP contribution in [0.1, 0.15) is 11.3 Å². The molecule has 0 aliphatic heterocycles. The monoisotopic (exact) mass is 226 g/mol. The van der Waals surface area contributed by atoms with Crippen LogP contribution in [0.2, 0.25) is 0 Å². The summed E-state index contributed by atoms with van der Waals surface area (Å²) in [5, 5.41) is 0. The summed E-state index contributed by atoms with van der Waals surface area (Å²) in [5.74, 6) is 0.161. The quantitative estimate of drug-likeness (QED) is 0.811. The Morgan fingerprint density at radius 3 is 2.47 bits per heavy atom. The molecule has 0 unspecified atom stereocenters. The fraction of sp³-hybridized carbons (Fsp3) is 0.143. The normalized spacial score (nSPS) is 10.1. The minimum atomic E-state index is 0.161. The highest BCUT2D eigenvalue weighted by Crippen LogP contribution is 2.07. The van der Waals surface area contributed by atoms with Crippen LogP contribution in [-0.4, -0.2) is 10.8 Å². The third-order valence-electron chi connectivity index (χ3n) is 2.49. The molecule has 2 N–H and O–H groups in total. The smallest absolute Gasteiger partial charge is 0.143 e. The Bertz CT molecular complexity index is 491. The van der Waals surface area contributed by atoms with Gasteiger partial charge in [0.1, 0.15) is 5.78 Å². The van der Waals surface area contributed by atoms with Gasteiger partial charge in [0.15, 0.2) is 0 Å². The number of pyridine rings is 1. The van der Waals surface area contributed by atoms with Gasteiger partial charge in [-0.3, -0.25) is 9.78 Å². The van der Waals surface area contributed by atoms with Gasteiger partial charge in [-0.05, 0) is 29.8 Å². The van der Waals surface area contributed by atoms with E-state index < -0.39 is 0 Å². The summed E-state index contributed by atoms with van der Waals surface area (Å²) in [6, 6.07) is 13.0. The number of rotatable bonds is 4. The average Bonchev–Trinajstić information content (AvgIpc) is 2.33. The summed E-state index contributed by atoms with van der Waals surface area (Å²) in [6.07, 6.45) is 2.51. The van der Waals surface area contributed by atoms with Gasteiger partial charge in [0.05, 0.1) is 0 Å². The second-order valence-corrected chi connectivity index (χ2v) is 3.95. The lowest BCUT2D eigenvalue weighted by Crippen LogP contribution is -2.07. The van der Waals surface area contributed by atoms with Crippen LogP contribution < -0.4 is 5.73 Å². The highest BCUT2D eigenvalue weighted by Gasteiger charge is 2.05. The van der Waals surface area contributed by atoms with Crippen LogP contribution in [0.15, 0.2) is 48.7 Å². The van der Waals surface area contributed by atoms with Crippen molar-refractivity contribution in [1.82, 2.24) is 4.98 Å². The number of ketones is 1. The van der Waals surface area contributed by atoms with Gasteiger partial charge in [-0.25, -0.2) is 0 Å². The molecule has 1 heterocycles. The predicted molar refractivity (Wildman–Crippen MR) is 67.5 cm³/mol. The number of carbonyl (C=O) groups is 1. The molecule has 0 amide bonds. The van der Waals surface area contributed by atoms with Crippen molar-refractivity contribution in [2.45, 2.75) is 12.8 Å². The van der Waals surface area contributed by atoms with Crippen LogP contribution >= 0.6 is 0 Å². The van der Waals surface area contributed by atoms with E-state index in [4.69, 9.17) is 5.73 Å². The Balaban J connectivity index is 1.96. The molecule has 2 aromatic rings. The maximum atomic E-state index is 11.8. The number of nitrogens with zero attached hydrogens (tertiary/aromatic N) is 1. The minimum absolute atomic E-state index is 0.161. The third kappa shape index (κ3) is 3.41. The van der Waals surface area contributed by atoms with Crippen molar-refractivity contribution in [2.24, 2.45) is 0 Å². The van der Waals surface area contributed by atoms with Crippen LogP contribution in [0.3, 0.4) is 0 Å². The van der Waals surface area contributed by atoms with Gasteiger partial charge in [-0.1, -0.05) is 18.2 Å². The zero-order chi connectivity index (χ0) is 12.1. The van der Waals surface area contributed by atoms with E-state index in [1.807, 2.05) is 42.5 Å². The largest absolute Gasteiger partial charge is 0.399 e. The van der Waals surface area contributed by atoms with Crippen LogP contribution in [-0.2, 0) is 17.6 Å². The third-order valence-corrected chi connectivity index (χ3v) is 2.49. The molecule has 0 bridgehead atoms. The molecule has 0 aliphatic carbocycles.